The summed E-state index contributed by atoms with van der Waals surface area (Å²) in [6.45, 7) is 0.114. The SMILES string of the molecule is O=C(NCC(O)C(O)c1ccc2c(c1)OCO2)OCc1ccccc1. The first-order valence-electron chi connectivity index (χ1n) is 7.84. The van der Waals surface area contributed by atoms with Crippen molar-refractivity contribution in [3.05, 3.63) is 59.7 Å². The second-order valence-electron chi connectivity index (χ2n) is 5.57. The molecule has 2 atom stereocenters. The van der Waals surface area contributed by atoms with Crippen LogP contribution >= 0.6 is 0 Å². The maximum Gasteiger partial charge on any atom is 0.407 e. The Kier molecular flexibility index (Phi) is 5.37. The maximum absolute atomic E-state index is 11.7. The number of rotatable bonds is 6. The van der Waals surface area contributed by atoms with Crippen molar-refractivity contribution < 1.29 is 29.2 Å². The van der Waals surface area contributed by atoms with Gasteiger partial charge in [-0.05, 0) is 23.3 Å². The van der Waals surface area contributed by atoms with Gasteiger partial charge in [0.25, 0.3) is 0 Å². The first-order valence-corrected chi connectivity index (χ1v) is 7.84. The highest BCUT2D eigenvalue weighted by Gasteiger charge is 2.22. The Morgan fingerprint density at radius 3 is 2.68 bits per heavy atom. The van der Waals surface area contributed by atoms with Crippen molar-refractivity contribution in [2.45, 2.75) is 18.8 Å². The molecular formula is C18H19NO6. The molecule has 0 aromatic heterocycles. The minimum absolute atomic E-state index is 0.131. The van der Waals surface area contributed by atoms with Gasteiger partial charge >= 0.3 is 6.09 Å². The summed E-state index contributed by atoms with van der Waals surface area (Å²) >= 11 is 0. The van der Waals surface area contributed by atoms with Gasteiger partial charge in [-0.15, -0.1) is 0 Å². The van der Waals surface area contributed by atoms with Crippen LogP contribution < -0.4 is 14.8 Å². The van der Waals surface area contributed by atoms with Gasteiger partial charge in [0, 0.05) is 6.54 Å². The third kappa shape index (κ3) is 4.40. The average Bonchev–Trinajstić information content (AvgIpc) is 3.12. The second kappa shape index (κ2) is 7.87. The molecule has 1 aliphatic rings. The summed E-state index contributed by atoms with van der Waals surface area (Å²) in [5.41, 5.74) is 1.33. The number of carbonyl (C=O) groups is 1. The highest BCUT2D eigenvalue weighted by molar-refractivity contribution is 5.67. The number of benzene rings is 2. The topological polar surface area (TPSA) is 97.3 Å². The monoisotopic (exact) mass is 345 g/mol. The summed E-state index contributed by atoms with van der Waals surface area (Å²) in [6, 6.07) is 14.1. The third-order valence-corrected chi connectivity index (χ3v) is 3.77. The van der Waals surface area contributed by atoms with Crippen LogP contribution in [0.4, 0.5) is 4.79 Å². The molecule has 0 spiro atoms. The second-order valence-corrected chi connectivity index (χ2v) is 5.57. The maximum atomic E-state index is 11.7. The zero-order valence-electron chi connectivity index (χ0n) is 13.4. The van der Waals surface area contributed by atoms with E-state index in [9.17, 15) is 15.0 Å². The van der Waals surface area contributed by atoms with Crippen molar-refractivity contribution >= 4 is 6.09 Å². The molecule has 25 heavy (non-hydrogen) atoms. The molecule has 0 radical (unpaired) electrons. The fraction of sp³-hybridized carbons (Fsp3) is 0.278. The fourth-order valence-electron chi connectivity index (χ4n) is 2.39. The van der Waals surface area contributed by atoms with E-state index in [-0.39, 0.29) is 19.9 Å². The summed E-state index contributed by atoms with van der Waals surface area (Å²) < 4.78 is 15.5. The number of alkyl carbamates (subject to hydrolysis) is 1. The summed E-state index contributed by atoms with van der Waals surface area (Å²) in [7, 11) is 0. The largest absolute Gasteiger partial charge is 0.454 e. The van der Waals surface area contributed by atoms with Crippen LogP contribution in [0, 0.1) is 0 Å². The number of amides is 1. The van der Waals surface area contributed by atoms with Crippen LogP contribution in [0.15, 0.2) is 48.5 Å². The van der Waals surface area contributed by atoms with Crippen molar-refractivity contribution in [2.24, 2.45) is 0 Å². The zero-order valence-corrected chi connectivity index (χ0v) is 13.4. The van der Waals surface area contributed by atoms with Crippen LogP contribution in [-0.4, -0.2) is 35.7 Å². The van der Waals surface area contributed by atoms with Crippen LogP contribution in [-0.2, 0) is 11.3 Å². The van der Waals surface area contributed by atoms with Gasteiger partial charge in [0.15, 0.2) is 11.5 Å². The molecular weight excluding hydrogens is 326 g/mol. The molecule has 3 N–H and O–H groups in total. The van der Waals surface area contributed by atoms with Crippen molar-refractivity contribution in [3.8, 4) is 11.5 Å². The normalized spacial score (nSPS) is 14.6. The van der Waals surface area contributed by atoms with Crippen LogP contribution in [0.3, 0.4) is 0 Å². The smallest absolute Gasteiger partial charge is 0.407 e. The van der Waals surface area contributed by atoms with Crippen LogP contribution in [0.25, 0.3) is 0 Å². The lowest BCUT2D eigenvalue weighted by Crippen LogP contribution is -2.35. The fourth-order valence-corrected chi connectivity index (χ4v) is 2.39. The molecule has 0 bridgehead atoms. The molecule has 1 amide bonds. The Morgan fingerprint density at radius 1 is 1.12 bits per heavy atom. The van der Waals surface area contributed by atoms with Gasteiger partial charge in [-0.2, -0.15) is 0 Å². The molecule has 0 saturated heterocycles. The van der Waals surface area contributed by atoms with Crippen molar-refractivity contribution in [1.82, 2.24) is 5.32 Å². The summed E-state index contributed by atoms with van der Waals surface area (Å²) in [5, 5.41) is 22.7. The van der Waals surface area contributed by atoms with Gasteiger partial charge in [0.1, 0.15) is 18.8 Å². The Labute approximate surface area is 144 Å². The van der Waals surface area contributed by atoms with E-state index in [0.29, 0.717) is 17.1 Å². The number of ether oxygens (including phenoxy) is 3. The van der Waals surface area contributed by atoms with E-state index in [1.54, 1.807) is 18.2 Å². The predicted molar refractivity (Wildman–Crippen MR) is 88.2 cm³/mol. The first-order chi connectivity index (χ1) is 12.1. The quantitative estimate of drug-likeness (QED) is 0.738. The van der Waals surface area contributed by atoms with Crippen molar-refractivity contribution in [3.63, 3.8) is 0 Å². The molecule has 2 aromatic rings. The molecule has 132 valence electrons. The molecule has 3 rings (SSSR count). The van der Waals surface area contributed by atoms with Gasteiger partial charge in [-0.3, -0.25) is 0 Å². The standard InChI is InChI=1S/C18H19NO6/c20-14(9-19-18(22)23-10-12-4-2-1-3-5-12)17(21)13-6-7-15-16(8-13)25-11-24-15/h1-8,14,17,20-21H,9-11H2,(H,19,22). The minimum atomic E-state index is -1.19. The Hall–Kier alpha value is -2.77. The average molecular weight is 345 g/mol. The van der Waals surface area contributed by atoms with E-state index in [1.807, 2.05) is 30.3 Å². The van der Waals surface area contributed by atoms with E-state index >= 15 is 0 Å². The number of nitrogens with one attached hydrogen (secondary N) is 1. The number of fused-ring (bicyclic) bond motifs is 1. The number of aliphatic hydroxyl groups excluding tert-OH is 2. The molecule has 0 fully saturated rings. The summed E-state index contributed by atoms with van der Waals surface area (Å²) in [5.74, 6) is 1.10. The highest BCUT2D eigenvalue weighted by Crippen LogP contribution is 2.34. The van der Waals surface area contributed by atoms with Gasteiger partial charge in [0.05, 0.1) is 0 Å². The molecule has 0 saturated carbocycles. The summed E-state index contributed by atoms with van der Waals surface area (Å²) in [4.78, 5) is 11.7. The lowest BCUT2D eigenvalue weighted by molar-refractivity contribution is 0.0183. The molecule has 0 aliphatic carbocycles. The van der Waals surface area contributed by atoms with E-state index in [1.165, 1.54) is 0 Å². The highest BCUT2D eigenvalue weighted by atomic mass is 16.7. The van der Waals surface area contributed by atoms with E-state index in [0.717, 1.165) is 5.56 Å². The van der Waals surface area contributed by atoms with Crippen molar-refractivity contribution in [1.29, 1.82) is 0 Å². The van der Waals surface area contributed by atoms with Crippen LogP contribution in [0.1, 0.15) is 17.2 Å². The number of carbonyl (C=O) groups excluding carboxylic acids is 1. The molecule has 1 aliphatic heterocycles. The minimum Gasteiger partial charge on any atom is -0.454 e. The Morgan fingerprint density at radius 2 is 1.88 bits per heavy atom. The van der Waals surface area contributed by atoms with E-state index < -0.39 is 18.3 Å². The Bertz CT molecular complexity index is 721. The van der Waals surface area contributed by atoms with Gasteiger partial charge in [0.2, 0.25) is 6.79 Å². The van der Waals surface area contributed by atoms with Crippen LogP contribution in [0.5, 0.6) is 11.5 Å². The Balaban J connectivity index is 1.46. The van der Waals surface area contributed by atoms with E-state index in [2.05, 4.69) is 5.32 Å². The first kappa shape index (κ1) is 17.1. The van der Waals surface area contributed by atoms with Crippen molar-refractivity contribution in [2.75, 3.05) is 13.3 Å². The van der Waals surface area contributed by atoms with Gasteiger partial charge in [-0.25, -0.2) is 4.79 Å². The molecule has 7 heteroatoms. The predicted octanol–water partition coefficient (Wildman–Crippen LogP) is 1.74. The molecule has 2 unspecified atom stereocenters. The van der Waals surface area contributed by atoms with Gasteiger partial charge in [-0.1, -0.05) is 36.4 Å². The number of hydrogen-bond acceptors (Lipinski definition) is 6. The summed E-state index contributed by atoms with van der Waals surface area (Å²) in [6.07, 6.45) is -3.03. The number of aliphatic hydroxyl groups is 2. The zero-order chi connectivity index (χ0) is 17.6. The number of hydrogen-bond donors (Lipinski definition) is 3. The van der Waals surface area contributed by atoms with Crippen LogP contribution in [0.2, 0.25) is 0 Å². The van der Waals surface area contributed by atoms with Gasteiger partial charge < -0.3 is 29.7 Å². The van der Waals surface area contributed by atoms with E-state index in [4.69, 9.17) is 14.2 Å². The molecule has 1 heterocycles. The lowest BCUT2D eigenvalue weighted by atomic mass is 10.0. The lowest BCUT2D eigenvalue weighted by Gasteiger charge is -2.19. The third-order valence-electron chi connectivity index (χ3n) is 3.77. The molecule has 7 nitrogen and oxygen atoms in total. The molecule has 2 aromatic carbocycles.